The van der Waals surface area contributed by atoms with Crippen molar-refractivity contribution >= 4 is 12.6 Å². The van der Waals surface area contributed by atoms with Gasteiger partial charge in [-0.1, -0.05) is 103 Å². The van der Waals surface area contributed by atoms with Crippen LogP contribution in [-0.2, 0) is 12.8 Å². The van der Waals surface area contributed by atoms with Crippen LogP contribution in [-0.4, -0.2) is 9.97 Å². The molecule has 0 amide bonds. The van der Waals surface area contributed by atoms with Crippen molar-refractivity contribution in [1.82, 2.24) is 9.97 Å². The molecule has 0 spiro atoms. The SMILES string of the molecule is CCCCCCCCCCc1cnc(-c2ccc(CCCCCCCCC)cc2S)nc1. The maximum atomic E-state index is 4.74. The first-order valence-corrected chi connectivity index (χ1v) is 13.8. The van der Waals surface area contributed by atoms with Crippen molar-refractivity contribution in [3.05, 3.63) is 41.7 Å². The molecule has 32 heavy (non-hydrogen) atoms. The predicted molar refractivity (Wildman–Crippen MR) is 143 cm³/mol. The minimum absolute atomic E-state index is 0.789. The Hall–Kier alpha value is -1.35. The standard InChI is InChI=1S/C29H46N2S/c1-3-5-7-9-11-13-15-17-19-26-23-30-29(31-24-26)27-21-20-25(22-28(27)32)18-16-14-12-10-8-6-4-2/h20-24,32H,3-19H2,1-2H3. The van der Waals surface area contributed by atoms with Gasteiger partial charge in [0.2, 0.25) is 0 Å². The fraction of sp³-hybridized carbons (Fsp3) is 0.655. The number of rotatable bonds is 18. The lowest BCUT2D eigenvalue weighted by molar-refractivity contribution is 0.575. The highest BCUT2D eigenvalue weighted by Crippen LogP contribution is 2.25. The number of hydrogen-bond donors (Lipinski definition) is 1. The molecule has 0 aliphatic carbocycles. The number of benzene rings is 1. The Kier molecular flexibility index (Phi) is 14.4. The fourth-order valence-corrected chi connectivity index (χ4v) is 4.63. The fourth-order valence-electron chi connectivity index (χ4n) is 4.29. The summed E-state index contributed by atoms with van der Waals surface area (Å²) < 4.78 is 0. The van der Waals surface area contributed by atoms with E-state index in [9.17, 15) is 0 Å². The van der Waals surface area contributed by atoms with Crippen molar-refractivity contribution < 1.29 is 0 Å². The molecule has 0 atom stereocenters. The van der Waals surface area contributed by atoms with E-state index in [4.69, 9.17) is 12.6 Å². The smallest absolute Gasteiger partial charge is 0.160 e. The molecule has 2 aromatic rings. The van der Waals surface area contributed by atoms with Gasteiger partial charge in [0, 0.05) is 22.9 Å². The number of thiol groups is 1. The van der Waals surface area contributed by atoms with Crippen LogP contribution >= 0.6 is 12.6 Å². The molecule has 178 valence electrons. The van der Waals surface area contributed by atoms with Crippen molar-refractivity contribution in [2.45, 2.75) is 128 Å². The Bertz CT molecular complexity index is 726. The van der Waals surface area contributed by atoms with Gasteiger partial charge >= 0.3 is 0 Å². The molecular weight excluding hydrogens is 408 g/mol. The van der Waals surface area contributed by atoms with E-state index < -0.39 is 0 Å². The minimum atomic E-state index is 0.789. The molecule has 0 bridgehead atoms. The number of aromatic nitrogens is 2. The third-order valence-electron chi connectivity index (χ3n) is 6.40. The third-order valence-corrected chi connectivity index (χ3v) is 6.77. The van der Waals surface area contributed by atoms with Gasteiger partial charge in [0.15, 0.2) is 5.82 Å². The first kappa shape index (κ1) is 26.9. The van der Waals surface area contributed by atoms with E-state index in [1.807, 2.05) is 12.4 Å². The van der Waals surface area contributed by atoms with Crippen LogP contribution in [0, 0.1) is 0 Å². The second kappa shape index (κ2) is 17.2. The van der Waals surface area contributed by atoms with E-state index >= 15 is 0 Å². The molecule has 2 nitrogen and oxygen atoms in total. The zero-order valence-corrected chi connectivity index (χ0v) is 21.6. The average molecular weight is 455 g/mol. The van der Waals surface area contributed by atoms with Crippen LogP contribution < -0.4 is 0 Å². The number of unbranched alkanes of at least 4 members (excludes halogenated alkanes) is 13. The highest BCUT2D eigenvalue weighted by Gasteiger charge is 2.07. The Balaban J connectivity index is 1.70. The molecule has 0 saturated heterocycles. The molecule has 1 aromatic carbocycles. The van der Waals surface area contributed by atoms with Gasteiger partial charge in [-0.05, 0) is 48.9 Å². The largest absolute Gasteiger partial charge is 0.236 e. The molecule has 1 aromatic heterocycles. The van der Waals surface area contributed by atoms with Crippen LogP contribution in [0.15, 0.2) is 35.5 Å². The summed E-state index contributed by atoms with van der Waals surface area (Å²) in [4.78, 5) is 10.3. The summed E-state index contributed by atoms with van der Waals surface area (Å²) >= 11 is 4.74. The summed E-state index contributed by atoms with van der Waals surface area (Å²) in [7, 11) is 0. The maximum absolute atomic E-state index is 4.74. The molecule has 0 unspecified atom stereocenters. The van der Waals surface area contributed by atoms with Gasteiger partial charge in [-0.3, -0.25) is 0 Å². The molecule has 0 radical (unpaired) electrons. The van der Waals surface area contributed by atoms with Gasteiger partial charge < -0.3 is 0 Å². The molecule has 0 aliphatic rings. The highest BCUT2D eigenvalue weighted by molar-refractivity contribution is 7.80. The van der Waals surface area contributed by atoms with E-state index in [1.54, 1.807) is 0 Å². The summed E-state index contributed by atoms with van der Waals surface area (Å²) in [5, 5.41) is 0. The van der Waals surface area contributed by atoms with Gasteiger partial charge in [0.05, 0.1) is 0 Å². The molecule has 0 N–H and O–H groups in total. The monoisotopic (exact) mass is 454 g/mol. The molecule has 1 heterocycles. The van der Waals surface area contributed by atoms with E-state index in [1.165, 1.54) is 107 Å². The molecule has 0 saturated carbocycles. The van der Waals surface area contributed by atoms with Crippen LogP contribution in [0.1, 0.15) is 121 Å². The zero-order valence-electron chi connectivity index (χ0n) is 20.7. The lowest BCUT2D eigenvalue weighted by atomic mass is 10.0. The van der Waals surface area contributed by atoms with Gasteiger partial charge in [-0.25, -0.2) is 9.97 Å². The van der Waals surface area contributed by atoms with Crippen LogP contribution in [0.25, 0.3) is 11.4 Å². The Morgan fingerprint density at radius 1 is 0.594 bits per heavy atom. The summed E-state index contributed by atoms with van der Waals surface area (Å²) in [6, 6.07) is 6.57. The minimum Gasteiger partial charge on any atom is -0.236 e. The quantitative estimate of drug-likeness (QED) is 0.179. The average Bonchev–Trinajstić information content (AvgIpc) is 2.81. The second-order valence-corrected chi connectivity index (χ2v) is 9.84. The summed E-state index contributed by atoms with van der Waals surface area (Å²) in [6.45, 7) is 4.55. The lowest BCUT2D eigenvalue weighted by Crippen LogP contribution is -1.95. The van der Waals surface area contributed by atoms with Gasteiger partial charge in [0.1, 0.15) is 0 Å². The van der Waals surface area contributed by atoms with Crippen molar-refractivity contribution in [1.29, 1.82) is 0 Å². The van der Waals surface area contributed by atoms with Crippen molar-refractivity contribution in [3.8, 4) is 11.4 Å². The van der Waals surface area contributed by atoms with Crippen LogP contribution in [0.3, 0.4) is 0 Å². The number of aryl methyl sites for hydroxylation is 2. The van der Waals surface area contributed by atoms with Gasteiger partial charge in [-0.2, -0.15) is 0 Å². The molecule has 2 rings (SSSR count). The first-order chi connectivity index (χ1) is 15.7. The lowest BCUT2D eigenvalue weighted by Gasteiger charge is -2.08. The highest BCUT2D eigenvalue weighted by atomic mass is 32.1. The summed E-state index contributed by atoms with van der Waals surface area (Å²) in [6.07, 6.45) is 26.5. The zero-order chi connectivity index (χ0) is 22.9. The molecule has 3 heteroatoms. The Morgan fingerprint density at radius 3 is 1.56 bits per heavy atom. The van der Waals surface area contributed by atoms with Crippen LogP contribution in [0.5, 0.6) is 0 Å². The van der Waals surface area contributed by atoms with Gasteiger partial charge in [0.25, 0.3) is 0 Å². The Morgan fingerprint density at radius 2 is 1.06 bits per heavy atom. The van der Waals surface area contributed by atoms with Gasteiger partial charge in [-0.15, -0.1) is 12.6 Å². The van der Waals surface area contributed by atoms with Crippen molar-refractivity contribution in [2.75, 3.05) is 0 Å². The number of nitrogens with zero attached hydrogens (tertiary/aromatic N) is 2. The van der Waals surface area contributed by atoms with Crippen LogP contribution in [0.2, 0.25) is 0 Å². The van der Waals surface area contributed by atoms with E-state index in [-0.39, 0.29) is 0 Å². The predicted octanol–water partition coefficient (Wildman–Crippen LogP) is 9.41. The summed E-state index contributed by atoms with van der Waals surface area (Å²) in [5.41, 5.74) is 3.66. The maximum Gasteiger partial charge on any atom is 0.160 e. The van der Waals surface area contributed by atoms with E-state index in [0.29, 0.717) is 0 Å². The Labute approximate surface area is 203 Å². The van der Waals surface area contributed by atoms with Crippen molar-refractivity contribution in [3.63, 3.8) is 0 Å². The van der Waals surface area contributed by atoms with E-state index in [0.717, 1.165) is 29.1 Å². The summed E-state index contributed by atoms with van der Waals surface area (Å²) in [5.74, 6) is 0.789. The second-order valence-electron chi connectivity index (χ2n) is 9.36. The molecular formula is C29H46N2S. The van der Waals surface area contributed by atoms with Crippen LogP contribution in [0.4, 0.5) is 0 Å². The molecule has 0 fully saturated rings. The normalized spacial score (nSPS) is 11.2. The van der Waals surface area contributed by atoms with E-state index in [2.05, 4.69) is 42.0 Å². The number of hydrogen-bond acceptors (Lipinski definition) is 3. The molecule has 0 aliphatic heterocycles. The van der Waals surface area contributed by atoms with Crippen molar-refractivity contribution in [2.24, 2.45) is 0 Å². The first-order valence-electron chi connectivity index (χ1n) is 13.4. The third kappa shape index (κ3) is 11.0. The topological polar surface area (TPSA) is 25.8 Å².